The van der Waals surface area contributed by atoms with Crippen molar-refractivity contribution in [1.82, 2.24) is 5.32 Å². The van der Waals surface area contributed by atoms with Crippen molar-refractivity contribution in [1.29, 1.82) is 0 Å². The fourth-order valence-electron chi connectivity index (χ4n) is 2.08. The molecular formula is C11H15NO2S. The number of hydrogen-bond acceptors (Lipinski definition) is 3. The van der Waals surface area contributed by atoms with Gasteiger partial charge in [0.25, 0.3) is 0 Å². The zero-order valence-electron chi connectivity index (χ0n) is 8.95. The monoisotopic (exact) mass is 225 g/mol. The van der Waals surface area contributed by atoms with Gasteiger partial charge in [-0.05, 0) is 30.2 Å². The van der Waals surface area contributed by atoms with Crippen molar-refractivity contribution in [2.24, 2.45) is 0 Å². The predicted molar refractivity (Wildman–Crippen MR) is 59.7 cm³/mol. The molecule has 0 aromatic heterocycles. The average molecular weight is 225 g/mol. The Morgan fingerprint density at radius 3 is 2.87 bits per heavy atom. The van der Waals surface area contributed by atoms with E-state index in [9.17, 15) is 8.42 Å². The quantitative estimate of drug-likeness (QED) is 0.825. The highest BCUT2D eigenvalue weighted by Crippen LogP contribution is 2.34. The lowest BCUT2D eigenvalue weighted by atomic mass is 10.0. The van der Waals surface area contributed by atoms with E-state index in [0.717, 1.165) is 11.1 Å². The van der Waals surface area contributed by atoms with Crippen LogP contribution in [0.5, 0.6) is 0 Å². The molecule has 0 bridgehead atoms. The lowest BCUT2D eigenvalue weighted by molar-refractivity contribution is 0.598. The molecule has 0 spiro atoms. The molecule has 1 N–H and O–H groups in total. The number of sulfone groups is 1. The molecule has 0 fully saturated rings. The SMILES string of the molecule is CNCc1ccc2c(c1)S(=O)(=O)CC2C. The third kappa shape index (κ3) is 1.79. The number of benzene rings is 1. The summed E-state index contributed by atoms with van der Waals surface area (Å²) in [4.78, 5) is 0.530. The Morgan fingerprint density at radius 1 is 1.47 bits per heavy atom. The largest absolute Gasteiger partial charge is 0.316 e. The average Bonchev–Trinajstić information content (AvgIpc) is 2.38. The minimum atomic E-state index is -3.02. The highest BCUT2D eigenvalue weighted by Gasteiger charge is 2.31. The standard InChI is InChI=1S/C11H15NO2S/c1-8-7-15(13,14)11-5-9(6-12-2)3-4-10(8)11/h3-5,8,12H,6-7H2,1-2H3. The van der Waals surface area contributed by atoms with Crippen LogP contribution < -0.4 is 5.32 Å². The van der Waals surface area contributed by atoms with Gasteiger partial charge in [-0.15, -0.1) is 0 Å². The molecule has 15 heavy (non-hydrogen) atoms. The Hall–Kier alpha value is -0.870. The van der Waals surface area contributed by atoms with Crippen LogP contribution in [-0.4, -0.2) is 21.2 Å². The number of rotatable bonds is 2. The molecule has 1 aliphatic rings. The molecule has 0 radical (unpaired) electrons. The second-order valence-electron chi connectivity index (χ2n) is 4.08. The molecule has 0 saturated carbocycles. The summed E-state index contributed by atoms with van der Waals surface area (Å²) in [6, 6.07) is 5.73. The van der Waals surface area contributed by atoms with Crippen molar-refractivity contribution in [2.45, 2.75) is 24.3 Å². The molecule has 0 saturated heterocycles. The van der Waals surface area contributed by atoms with E-state index in [1.54, 1.807) is 6.07 Å². The van der Waals surface area contributed by atoms with E-state index in [0.29, 0.717) is 11.4 Å². The van der Waals surface area contributed by atoms with Gasteiger partial charge >= 0.3 is 0 Å². The first kappa shape index (κ1) is 10.6. The molecule has 2 rings (SSSR count). The molecule has 1 atom stereocenters. The minimum Gasteiger partial charge on any atom is -0.316 e. The van der Waals surface area contributed by atoms with Crippen LogP contribution >= 0.6 is 0 Å². The molecule has 4 heteroatoms. The van der Waals surface area contributed by atoms with Gasteiger partial charge in [-0.3, -0.25) is 0 Å². The van der Waals surface area contributed by atoms with Gasteiger partial charge < -0.3 is 5.32 Å². The topological polar surface area (TPSA) is 46.2 Å². The van der Waals surface area contributed by atoms with E-state index in [1.807, 2.05) is 26.1 Å². The molecule has 1 aliphatic heterocycles. The van der Waals surface area contributed by atoms with E-state index in [1.165, 1.54) is 0 Å². The summed E-state index contributed by atoms with van der Waals surface area (Å²) in [5.74, 6) is 0.388. The Bertz CT molecular complexity index is 479. The van der Waals surface area contributed by atoms with Gasteiger partial charge in [0.15, 0.2) is 9.84 Å². The Morgan fingerprint density at radius 2 is 2.20 bits per heavy atom. The molecule has 0 amide bonds. The van der Waals surface area contributed by atoms with Crippen molar-refractivity contribution >= 4 is 9.84 Å². The van der Waals surface area contributed by atoms with E-state index >= 15 is 0 Å². The smallest absolute Gasteiger partial charge is 0.179 e. The van der Waals surface area contributed by atoms with Gasteiger partial charge in [-0.2, -0.15) is 0 Å². The van der Waals surface area contributed by atoms with E-state index in [-0.39, 0.29) is 11.7 Å². The molecular weight excluding hydrogens is 210 g/mol. The van der Waals surface area contributed by atoms with Crippen LogP contribution in [0.4, 0.5) is 0 Å². The Kier molecular flexibility index (Phi) is 2.56. The second kappa shape index (κ2) is 3.61. The van der Waals surface area contributed by atoms with Gasteiger partial charge in [0.2, 0.25) is 0 Å². The van der Waals surface area contributed by atoms with Crippen molar-refractivity contribution in [3.63, 3.8) is 0 Å². The molecule has 1 unspecified atom stereocenters. The third-order valence-electron chi connectivity index (χ3n) is 2.79. The predicted octanol–water partition coefficient (Wildman–Crippen LogP) is 1.30. The lowest BCUT2D eigenvalue weighted by Gasteiger charge is -2.04. The number of fused-ring (bicyclic) bond motifs is 1. The summed E-state index contributed by atoms with van der Waals surface area (Å²) >= 11 is 0. The van der Waals surface area contributed by atoms with Crippen LogP contribution in [0.1, 0.15) is 24.0 Å². The molecule has 1 aromatic rings. The molecule has 3 nitrogen and oxygen atoms in total. The van der Waals surface area contributed by atoms with Crippen LogP contribution in [0.2, 0.25) is 0 Å². The Labute approximate surface area is 90.4 Å². The molecule has 82 valence electrons. The Balaban J connectivity index is 2.53. The van der Waals surface area contributed by atoms with Crippen LogP contribution in [0.3, 0.4) is 0 Å². The van der Waals surface area contributed by atoms with Crippen molar-refractivity contribution in [3.05, 3.63) is 29.3 Å². The zero-order chi connectivity index (χ0) is 11.1. The van der Waals surface area contributed by atoms with E-state index in [2.05, 4.69) is 5.32 Å². The summed E-state index contributed by atoms with van der Waals surface area (Å²) in [5.41, 5.74) is 1.99. The number of nitrogens with one attached hydrogen (secondary N) is 1. The fraction of sp³-hybridized carbons (Fsp3) is 0.455. The molecule has 1 aromatic carbocycles. The normalized spacial score (nSPS) is 22.7. The zero-order valence-corrected chi connectivity index (χ0v) is 9.76. The van der Waals surface area contributed by atoms with Crippen LogP contribution in [0.25, 0.3) is 0 Å². The van der Waals surface area contributed by atoms with Gasteiger partial charge in [-0.25, -0.2) is 8.42 Å². The maximum atomic E-state index is 11.8. The summed E-state index contributed by atoms with van der Waals surface area (Å²) in [5, 5.41) is 3.02. The van der Waals surface area contributed by atoms with Crippen molar-refractivity contribution in [3.8, 4) is 0 Å². The minimum absolute atomic E-state index is 0.133. The molecule has 0 aliphatic carbocycles. The highest BCUT2D eigenvalue weighted by atomic mass is 32.2. The van der Waals surface area contributed by atoms with Gasteiger partial charge in [0, 0.05) is 6.54 Å². The fourth-order valence-corrected chi connectivity index (χ4v) is 4.05. The third-order valence-corrected chi connectivity index (χ3v) is 4.76. The van der Waals surface area contributed by atoms with Crippen LogP contribution in [0, 0.1) is 0 Å². The summed E-state index contributed by atoms with van der Waals surface area (Å²) in [6.07, 6.45) is 0. The van der Waals surface area contributed by atoms with Gasteiger partial charge in [0.1, 0.15) is 0 Å². The summed E-state index contributed by atoms with van der Waals surface area (Å²) in [7, 11) is -1.17. The van der Waals surface area contributed by atoms with E-state index < -0.39 is 9.84 Å². The molecule has 1 heterocycles. The summed E-state index contributed by atoms with van der Waals surface area (Å²) < 4.78 is 23.6. The van der Waals surface area contributed by atoms with E-state index in [4.69, 9.17) is 0 Å². The first-order chi connectivity index (χ1) is 7.04. The first-order valence-electron chi connectivity index (χ1n) is 5.05. The summed E-state index contributed by atoms with van der Waals surface area (Å²) in [6.45, 7) is 2.66. The highest BCUT2D eigenvalue weighted by molar-refractivity contribution is 7.91. The first-order valence-corrected chi connectivity index (χ1v) is 6.70. The second-order valence-corrected chi connectivity index (χ2v) is 6.09. The van der Waals surface area contributed by atoms with Gasteiger partial charge in [0.05, 0.1) is 10.6 Å². The van der Waals surface area contributed by atoms with Crippen LogP contribution in [0.15, 0.2) is 23.1 Å². The van der Waals surface area contributed by atoms with Crippen molar-refractivity contribution in [2.75, 3.05) is 12.8 Å². The number of hydrogen-bond donors (Lipinski definition) is 1. The van der Waals surface area contributed by atoms with Crippen LogP contribution in [-0.2, 0) is 16.4 Å². The maximum Gasteiger partial charge on any atom is 0.179 e. The van der Waals surface area contributed by atoms with Crippen molar-refractivity contribution < 1.29 is 8.42 Å². The maximum absolute atomic E-state index is 11.8. The van der Waals surface area contributed by atoms with Gasteiger partial charge in [-0.1, -0.05) is 19.1 Å². The lowest BCUT2D eigenvalue weighted by Crippen LogP contribution is -2.06.